The molecule has 1 amide bonds. The summed E-state index contributed by atoms with van der Waals surface area (Å²) in [5.74, 6) is 0.759. The maximum absolute atomic E-state index is 12.6. The van der Waals surface area contributed by atoms with E-state index in [1.165, 1.54) is 5.56 Å². The number of ether oxygens (including phenoxy) is 1. The third kappa shape index (κ3) is 5.77. The van der Waals surface area contributed by atoms with Crippen LogP contribution in [0.1, 0.15) is 62.1 Å². The van der Waals surface area contributed by atoms with E-state index in [0.29, 0.717) is 43.9 Å². The molecule has 8 rings (SSSR count). The molecule has 2 N–H and O–H groups in total. The summed E-state index contributed by atoms with van der Waals surface area (Å²) in [7, 11) is 0. The zero-order chi connectivity index (χ0) is 34.2. The molecule has 3 aliphatic heterocycles. The number of ketones is 1. The van der Waals surface area contributed by atoms with Gasteiger partial charge in [0.1, 0.15) is 0 Å². The van der Waals surface area contributed by atoms with Gasteiger partial charge in [0.05, 0.1) is 11.0 Å². The van der Waals surface area contributed by atoms with Gasteiger partial charge in [0.15, 0.2) is 23.4 Å². The van der Waals surface area contributed by atoms with Gasteiger partial charge in [-0.1, -0.05) is 67.6 Å². The molecular weight excluding hydrogens is 614 g/mol. The third-order valence-electron chi connectivity index (χ3n) is 11.8. The minimum atomic E-state index is -1.00. The lowest BCUT2D eigenvalue weighted by Crippen LogP contribution is -2.76. The normalized spacial score (nSPS) is 27.3. The summed E-state index contributed by atoms with van der Waals surface area (Å²) in [6.45, 7) is 10.5. The van der Waals surface area contributed by atoms with Gasteiger partial charge in [0.25, 0.3) is 0 Å². The summed E-state index contributed by atoms with van der Waals surface area (Å²) in [5.41, 5.74) is 2.69. The number of nitrogens with zero attached hydrogens (tertiary/aromatic N) is 3. The number of hydrogen-bond donors (Lipinski definition) is 2. The fourth-order valence-electron chi connectivity index (χ4n) is 9.45. The van der Waals surface area contributed by atoms with Crippen molar-refractivity contribution in [3.8, 4) is 11.5 Å². The number of carbonyl (C=O) groups is 2. The first-order valence-electron chi connectivity index (χ1n) is 18.1. The van der Waals surface area contributed by atoms with Gasteiger partial charge in [-0.15, -0.1) is 6.58 Å². The summed E-state index contributed by atoms with van der Waals surface area (Å²) >= 11 is 0. The summed E-state index contributed by atoms with van der Waals surface area (Å²) in [4.78, 5) is 32.0. The number of anilines is 1. The van der Waals surface area contributed by atoms with E-state index in [9.17, 15) is 19.8 Å². The van der Waals surface area contributed by atoms with Crippen LogP contribution in [0.4, 0.5) is 5.69 Å². The number of piperidine rings is 2. The lowest BCUT2D eigenvalue weighted by Gasteiger charge is -2.62. The highest BCUT2D eigenvalue weighted by Crippen LogP contribution is 2.64. The Hall–Kier alpha value is -3.98. The van der Waals surface area contributed by atoms with Crippen molar-refractivity contribution >= 4 is 17.4 Å². The standard InChI is InChI=1S/C22H28N2O.C19H21NO4/c1-2-22(25)24(20-11-7-4-8-12-20)21-14-17-23(18-15-21)16-13-19-9-5-3-6-10-19;1-2-8-20-9-7-18-15-11-3-4-12(21)16(15)24-17(18)13(22)5-6-19(18,23)14(20)10-11/h3-12,21H,2,13-18H2,1H3;2-4,14,17,21,23H,1,5-10H2/t;14-,17+,18+,19-/m.1/s1. The van der Waals surface area contributed by atoms with Crippen molar-refractivity contribution in [1.29, 1.82) is 0 Å². The second-order valence-electron chi connectivity index (χ2n) is 14.3. The summed E-state index contributed by atoms with van der Waals surface area (Å²) in [5, 5.41) is 22.1. The number of rotatable bonds is 8. The van der Waals surface area contributed by atoms with Crippen molar-refractivity contribution in [2.75, 3.05) is 37.6 Å². The number of phenolic OH excluding ortho intramolecular Hbond substituents is 1. The Balaban J connectivity index is 0.000000154. The molecule has 8 heteroatoms. The molecule has 2 saturated heterocycles. The summed E-state index contributed by atoms with van der Waals surface area (Å²) in [6.07, 6.45) is 7.11. The first-order chi connectivity index (χ1) is 23.8. The van der Waals surface area contributed by atoms with Crippen LogP contribution in [0.5, 0.6) is 11.5 Å². The smallest absolute Gasteiger partial charge is 0.226 e. The lowest BCUT2D eigenvalue weighted by molar-refractivity contribution is -0.187. The quantitative estimate of drug-likeness (QED) is 0.310. The van der Waals surface area contributed by atoms with Crippen molar-refractivity contribution in [3.63, 3.8) is 0 Å². The number of likely N-dealkylation sites (tertiary alicyclic amines) is 2. The topological polar surface area (TPSA) is 93.5 Å². The maximum Gasteiger partial charge on any atom is 0.226 e. The highest BCUT2D eigenvalue weighted by Gasteiger charge is 2.73. The van der Waals surface area contributed by atoms with E-state index in [4.69, 9.17) is 4.74 Å². The predicted molar refractivity (Wildman–Crippen MR) is 191 cm³/mol. The second-order valence-corrected chi connectivity index (χ2v) is 14.3. The van der Waals surface area contributed by atoms with E-state index >= 15 is 0 Å². The molecule has 3 fully saturated rings. The zero-order valence-electron chi connectivity index (χ0n) is 28.6. The van der Waals surface area contributed by atoms with Crippen LogP contribution in [0.25, 0.3) is 0 Å². The van der Waals surface area contributed by atoms with E-state index in [0.717, 1.165) is 68.8 Å². The maximum atomic E-state index is 12.6. The SMILES string of the molecule is C=CCN1CC[C@]23c4c5ccc(O)c4O[C@H]2C(=O)CC[C@@]3(O)[C@H]1C5.CCC(=O)N(c1ccccc1)C1CCN(CCc2ccccc2)CC1. The molecule has 1 spiro atoms. The molecule has 49 heavy (non-hydrogen) atoms. The second kappa shape index (κ2) is 13.7. The van der Waals surface area contributed by atoms with E-state index < -0.39 is 17.1 Å². The van der Waals surface area contributed by atoms with Crippen LogP contribution >= 0.6 is 0 Å². The third-order valence-corrected chi connectivity index (χ3v) is 11.8. The molecule has 0 unspecified atom stereocenters. The monoisotopic (exact) mass is 663 g/mol. The Labute approximate surface area is 290 Å². The first-order valence-corrected chi connectivity index (χ1v) is 18.1. The highest BCUT2D eigenvalue weighted by molar-refractivity contribution is 5.93. The number of phenols is 1. The van der Waals surface area contributed by atoms with Crippen molar-refractivity contribution in [3.05, 3.63) is 102 Å². The Bertz CT molecular complexity index is 1670. The van der Waals surface area contributed by atoms with Crippen molar-refractivity contribution in [2.45, 2.75) is 87.5 Å². The fraction of sp³-hybridized carbons (Fsp3) is 0.463. The molecule has 4 atom stereocenters. The molecule has 2 bridgehead atoms. The van der Waals surface area contributed by atoms with Crippen LogP contribution in [0.3, 0.4) is 0 Å². The predicted octanol–water partition coefficient (Wildman–Crippen LogP) is 5.44. The van der Waals surface area contributed by atoms with Crippen LogP contribution in [0.15, 0.2) is 85.5 Å². The number of aliphatic hydroxyl groups is 1. The largest absolute Gasteiger partial charge is 0.504 e. The van der Waals surface area contributed by atoms with Crippen molar-refractivity contribution in [2.24, 2.45) is 0 Å². The van der Waals surface area contributed by atoms with Gasteiger partial charge in [-0.2, -0.15) is 0 Å². The Morgan fingerprint density at radius 2 is 1.73 bits per heavy atom. The molecular formula is C41H49N3O5. The van der Waals surface area contributed by atoms with E-state index in [1.54, 1.807) is 6.07 Å². The van der Waals surface area contributed by atoms with Gasteiger partial charge in [0.2, 0.25) is 5.91 Å². The van der Waals surface area contributed by atoms with Crippen LogP contribution in [0, 0.1) is 0 Å². The number of amides is 1. The van der Waals surface area contributed by atoms with Crippen LogP contribution < -0.4 is 9.64 Å². The van der Waals surface area contributed by atoms with Crippen molar-refractivity contribution < 1.29 is 24.5 Å². The minimum absolute atomic E-state index is 0.0408. The van der Waals surface area contributed by atoms with Crippen LogP contribution in [-0.2, 0) is 27.8 Å². The lowest BCUT2D eigenvalue weighted by atomic mass is 9.49. The zero-order valence-corrected chi connectivity index (χ0v) is 28.6. The van der Waals surface area contributed by atoms with E-state index in [-0.39, 0.29) is 23.5 Å². The molecule has 5 aliphatic rings. The minimum Gasteiger partial charge on any atom is -0.504 e. The molecule has 3 heterocycles. The van der Waals surface area contributed by atoms with Gasteiger partial charge in [-0.05, 0) is 67.9 Å². The average molecular weight is 664 g/mol. The van der Waals surface area contributed by atoms with Crippen LogP contribution in [0.2, 0.25) is 0 Å². The molecule has 8 nitrogen and oxygen atoms in total. The number of carbonyl (C=O) groups excluding carboxylic acids is 2. The van der Waals surface area contributed by atoms with Gasteiger partial charge in [-0.25, -0.2) is 0 Å². The van der Waals surface area contributed by atoms with Gasteiger partial charge in [-0.3, -0.25) is 14.5 Å². The summed E-state index contributed by atoms with van der Waals surface area (Å²) < 4.78 is 5.98. The number of benzene rings is 3. The molecule has 0 radical (unpaired) electrons. The molecule has 2 aliphatic carbocycles. The molecule has 0 aromatic heterocycles. The van der Waals surface area contributed by atoms with Gasteiger partial charge >= 0.3 is 0 Å². The number of aromatic hydroxyl groups is 1. The highest BCUT2D eigenvalue weighted by atomic mass is 16.5. The molecule has 258 valence electrons. The van der Waals surface area contributed by atoms with Crippen LogP contribution in [-0.4, -0.2) is 88.2 Å². The van der Waals surface area contributed by atoms with Gasteiger partial charge < -0.3 is 24.7 Å². The number of Topliss-reactive ketones (excluding diaryl/α,β-unsaturated/α-hetero) is 1. The van der Waals surface area contributed by atoms with Crippen molar-refractivity contribution in [1.82, 2.24) is 9.80 Å². The van der Waals surface area contributed by atoms with Gasteiger partial charge in [0, 0.05) is 68.9 Å². The number of hydrogen-bond acceptors (Lipinski definition) is 7. The average Bonchev–Trinajstić information content (AvgIpc) is 3.50. The summed E-state index contributed by atoms with van der Waals surface area (Å²) in [6, 6.07) is 24.6. The number of para-hydroxylation sites is 1. The molecule has 1 saturated carbocycles. The van der Waals surface area contributed by atoms with E-state index in [1.807, 2.05) is 42.2 Å². The molecule has 3 aromatic carbocycles. The Morgan fingerprint density at radius 1 is 1.02 bits per heavy atom. The Morgan fingerprint density at radius 3 is 2.43 bits per heavy atom. The fourth-order valence-corrected chi connectivity index (χ4v) is 9.45. The van der Waals surface area contributed by atoms with E-state index in [2.05, 4.69) is 58.8 Å². The Kier molecular flexibility index (Phi) is 9.39. The first kappa shape index (κ1) is 33.5. The molecule has 3 aromatic rings.